The average molecular weight is 523 g/mol. The van der Waals surface area contributed by atoms with Crippen LogP contribution < -0.4 is 10.6 Å². The summed E-state index contributed by atoms with van der Waals surface area (Å²) in [5, 5.41) is 6.81. The first kappa shape index (κ1) is 24.6. The Morgan fingerprint density at radius 3 is 2.60 bits per heavy atom. The topological polar surface area (TPSA) is 61.8 Å². The molecule has 0 atom stereocenters. The van der Waals surface area contributed by atoms with Crippen LogP contribution in [0.5, 0.6) is 0 Å². The zero-order valence-electron chi connectivity index (χ0n) is 18.1. The molecular formula is C23H34IN5O. The average Bonchev–Trinajstić information content (AvgIpc) is 2.75. The maximum Gasteiger partial charge on any atom is 0.191 e. The van der Waals surface area contributed by atoms with Crippen LogP contribution in [0.2, 0.25) is 0 Å². The number of rotatable bonds is 8. The van der Waals surface area contributed by atoms with Crippen molar-refractivity contribution in [2.45, 2.75) is 33.4 Å². The quantitative estimate of drug-likeness (QED) is 0.317. The van der Waals surface area contributed by atoms with E-state index in [1.165, 1.54) is 22.3 Å². The van der Waals surface area contributed by atoms with E-state index in [-0.39, 0.29) is 24.0 Å². The van der Waals surface area contributed by atoms with Crippen molar-refractivity contribution in [3.63, 3.8) is 0 Å². The Bertz CT molecular complexity index is 793. The van der Waals surface area contributed by atoms with Crippen molar-refractivity contribution in [3.05, 3.63) is 65.0 Å². The molecule has 3 rings (SSSR count). The van der Waals surface area contributed by atoms with Crippen molar-refractivity contribution < 1.29 is 4.74 Å². The Hall–Kier alpha value is -1.71. The summed E-state index contributed by atoms with van der Waals surface area (Å²) in [4.78, 5) is 11.4. The summed E-state index contributed by atoms with van der Waals surface area (Å²) in [6, 6.07) is 10.7. The molecule has 2 N–H and O–H groups in total. The number of aromatic nitrogens is 1. The second-order valence-electron chi connectivity index (χ2n) is 7.33. The molecule has 0 radical (unpaired) electrons. The molecule has 1 aromatic heterocycles. The summed E-state index contributed by atoms with van der Waals surface area (Å²) in [6.07, 6.45) is 4.72. The third-order valence-electron chi connectivity index (χ3n) is 5.19. The van der Waals surface area contributed by atoms with Crippen LogP contribution in [0.25, 0.3) is 0 Å². The minimum absolute atomic E-state index is 0. The van der Waals surface area contributed by atoms with Gasteiger partial charge in [0.05, 0.1) is 19.8 Å². The first-order valence-electron chi connectivity index (χ1n) is 10.5. The molecular weight excluding hydrogens is 489 g/mol. The third-order valence-corrected chi connectivity index (χ3v) is 5.19. The Morgan fingerprint density at radius 1 is 1.10 bits per heavy atom. The summed E-state index contributed by atoms with van der Waals surface area (Å²) in [6.45, 7) is 11.2. The van der Waals surface area contributed by atoms with Gasteiger partial charge >= 0.3 is 0 Å². The van der Waals surface area contributed by atoms with Crippen LogP contribution in [0.15, 0.2) is 47.7 Å². The number of ether oxygens (including phenoxy) is 1. The van der Waals surface area contributed by atoms with Crippen molar-refractivity contribution in [3.8, 4) is 0 Å². The zero-order valence-corrected chi connectivity index (χ0v) is 20.4. The van der Waals surface area contributed by atoms with E-state index in [9.17, 15) is 0 Å². The number of nitrogens with one attached hydrogen (secondary N) is 2. The number of aliphatic imine (C=N–C) groups is 1. The van der Waals surface area contributed by atoms with Gasteiger partial charge in [0, 0.05) is 45.1 Å². The fraction of sp³-hybridized carbons (Fsp3) is 0.478. The minimum atomic E-state index is 0. The van der Waals surface area contributed by atoms with Crippen molar-refractivity contribution in [2.24, 2.45) is 4.99 Å². The van der Waals surface area contributed by atoms with E-state index >= 15 is 0 Å². The molecule has 0 bridgehead atoms. The molecule has 0 unspecified atom stereocenters. The fourth-order valence-electron chi connectivity index (χ4n) is 3.47. The van der Waals surface area contributed by atoms with Gasteiger partial charge < -0.3 is 15.4 Å². The van der Waals surface area contributed by atoms with Crippen molar-refractivity contribution in [1.82, 2.24) is 20.5 Å². The minimum Gasteiger partial charge on any atom is -0.379 e. The highest BCUT2D eigenvalue weighted by molar-refractivity contribution is 14.0. The van der Waals surface area contributed by atoms with E-state index in [1.807, 2.05) is 12.4 Å². The Kier molecular flexibility index (Phi) is 11.1. The summed E-state index contributed by atoms with van der Waals surface area (Å²) < 4.78 is 5.47. The van der Waals surface area contributed by atoms with Gasteiger partial charge in [-0.1, -0.05) is 24.3 Å². The maximum absolute atomic E-state index is 5.47. The van der Waals surface area contributed by atoms with Gasteiger partial charge in [-0.25, -0.2) is 4.99 Å². The predicted molar refractivity (Wildman–Crippen MR) is 133 cm³/mol. The molecule has 0 saturated carbocycles. The first-order chi connectivity index (χ1) is 14.3. The molecule has 1 saturated heterocycles. The number of hydrogen-bond acceptors (Lipinski definition) is 4. The maximum atomic E-state index is 5.47. The largest absolute Gasteiger partial charge is 0.379 e. The number of guanidine groups is 1. The van der Waals surface area contributed by atoms with Gasteiger partial charge in [0.25, 0.3) is 0 Å². The highest BCUT2D eigenvalue weighted by Crippen LogP contribution is 2.14. The highest BCUT2D eigenvalue weighted by Gasteiger charge is 2.12. The zero-order chi connectivity index (χ0) is 20.3. The highest BCUT2D eigenvalue weighted by atomic mass is 127. The lowest BCUT2D eigenvalue weighted by Gasteiger charge is -2.27. The number of halogens is 1. The van der Waals surface area contributed by atoms with Gasteiger partial charge in [-0.2, -0.15) is 0 Å². The Morgan fingerprint density at radius 2 is 1.87 bits per heavy atom. The lowest BCUT2D eigenvalue weighted by atomic mass is 10.1. The van der Waals surface area contributed by atoms with E-state index in [0.29, 0.717) is 6.54 Å². The van der Waals surface area contributed by atoms with Crippen LogP contribution >= 0.6 is 24.0 Å². The molecule has 0 spiro atoms. The predicted octanol–water partition coefficient (Wildman–Crippen LogP) is 3.14. The van der Waals surface area contributed by atoms with Crippen molar-refractivity contribution >= 4 is 29.9 Å². The molecule has 30 heavy (non-hydrogen) atoms. The van der Waals surface area contributed by atoms with Crippen molar-refractivity contribution in [1.29, 1.82) is 0 Å². The van der Waals surface area contributed by atoms with Gasteiger partial charge in [0.2, 0.25) is 0 Å². The fourth-order valence-corrected chi connectivity index (χ4v) is 3.47. The number of aryl methyl sites for hydroxylation is 1. The van der Waals surface area contributed by atoms with Crippen LogP contribution in [0.4, 0.5) is 0 Å². The lowest BCUT2D eigenvalue weighted by molar-refractivity contribution is 0.0341. The molecule has 1 fully saturated rings. The molecule has 2 aromatic rings. The second kappa shape index (κ2) is 13.6. The Balaban J connectivity index is 0.00000320. The summed E-state index contributed by atoms with van der Waals surface area (Å²) in [5.74, 6) is 0.861. The molecule has 1 aliphatic rings. The summed E-state index contributed by atoms with van der Waals surface area (Å²) in [5.41, 5.74) is 5.18. The van der Waals surface area contributed by atoms with E-state index in [1.54, 1.807) is 0 Å². The smallest absolute Gasteiger partial charge is 0.191 e. The molecule has 6 nitrogen and oxygen atoms in total. The van der Waals surface area contributed by atoms with Gasteiger partial charge in [0.1, 0.15) is 0 Å². The van der Waals surface area contributed by atoms with Crippen LogP contribution in [-0.4, -0.2) is 55.2 Å². The third kappa shape index (κ3) is 7.85. The lowest BCUT2D eigenvalue weighted by Crippen LogP contribution is -2.38. The van der Waals surface area contributed by atoms with Crippen LogP contribution in [0, 0.1) is 6.92 Å². The SMILES string of the molecule is CCNC(=NCc1ccccc1CN1CCOCC1)NCCc1ccncc1C.I. The van der Waals surface area contributed by atoms with Crippen LogP contribution in [0.3, 0.4) is 0 Å². The molecule has 0 aliphatic carbocycles. The van der Waals surface area contributed by atoms with Crippen molar-refractivity contribution in [2.75, 3.05) is 39.4 Å². The Labute approximate surface area is 197 Å². The van der Waals surface area contributed by atoms with E-state index in [2.05, 4.69) is 64.7 Å². The number of hydrogen-bond donors (Lipinski definition) is 2. The standard InChI is InChI=1S/C23H33N5O.HI/c1-3-25-23(26-11-9-20-8-10-24-16-19(20)2)27-17-21-6-4-5-7-22(21)18-28-12-14-29-15-13-28;/h4-8,10,16H,3,9,11-15,17-18H2,1-2H3,(H2,25,26,27);1H. The molecule has 7 heteroatoms. The van der Waals surface area contributed by atoms with Crippen LogP contribution in [0.1, 0.15) is 29.2 Å². The number of morpholine rings is 1. The van der Waals surface area contributed by atoms with E-state index in [4.69, 9.17) is 9.73 Å². The first-order valence-corrected chi connectivity index (χ1v) is 10.5. The summed E-state index contributed by atoms with van der Waals surface area (Å²) in [7, 11) is 0. The number of pyridine rings is 1. The molecule has 1 aromatic carbocycles. The second-order valence-corrected chi connectivity index (χ2v) is 7.33. The monoisotopic (exact) mass is 523 g/mol. The van der Waals surface area contributed by atoms with Crippen LogP contribution in [-0.2, 0) is 24.2 Å². The van der Waals surface area contributed by atoms with Gasteiger partial charge in [-0.05, 0) is 48.6 Å². The number of benzene rings is 1. The molecule has 164 valence electrons. The summed E-state index contributed by atoms with van der Waals surface area (Å²) >= 11 is 0. The van der Waals surface area contributed by atoms with E-state index in [0.717, 1.165) is 58.3 Å². The van der Waals surface area contributed by atoms with E-state index < -0.39 is 0 Å². The molecule has 2 heterocycles. The molecule has 0 amide bonds. The van der Waals surface area contributed by atoms with Gasteiger partial charge in [0.15, 0.2) is 5.96 Å². The van der Waals surface area contributed by atoms with Gasteiger partial charge in [-0.3, -0.25) is 9.88 Å². The van der Waals surface area contributed by atoms with Gasteiger partial charge in [-0.15, -0.1) is 24.0 Å². The number of nitrogens with zero attached hydrogens (tertiary/aromatic N) is 3. The normalized spacial score (nSPS) is 14.8. The molecule has 1 aliphatic heterocycles.